The van der Waals surface area contributed by atoms with Crippen LogP contribution in [0.15, 0.2) is 6.07 Å². The lowest BCUT2D eigenvalue weighted by atomic mass is 10.2. The van der Waals surface area contributed by atoms with E-state index in [-0.39, 0.29) is 0 Å². The van der Waals surface area contributed by atoms with Gasteiger partial charge in [-0.15, -0.1) is 0 Å². The zero-order valence-electron chi connectivity index (χ0n) is 11.9. The molecule has 2 unspecified atom stereocenters. The van der Waals surface area contributed by atoms with Gasteiger partial charge in [0.2, 0.25) is 0 Å². The number of halogens is 2. The largest absolute Gasteiger partial charge is 0.369 e. The maximum absolute atomic E-state index is 6.26. The van der Waals surface area contributed by atoms with Gasteiger partial charge in [0.05, 0.1) is 10.0 Å². The molecule has 1 heterocycles. The zero-order chi connectivity index (χ0) is 14.5. The molecule has 0 spiro atoms. The summed E-state index contributed by atoms with van der Waals surface area (Å²) in [5, 5.41) is 8.46. The Balaban J connectivity index is 2.13. The summed E-state index contributed by atoms with van der Waals surface area (Å²) in [7, 11) is 0. The third-order valence-corrected chi connectivity index (χ3v) is 5.33. The maximum atomic E-state index is 6.26. The van der Waals surface area contributed by atoms with Crippen molar-refractivity contribution >= 4 is 46.6 Å². The standard InChI is InChI=1S/C14H21Cl2N3S/c1-3-17-13-9(15)8-10(16)14(19-13)18-11-6-5-7-12(11)20-4-2/h8,11-12H,3-7H2,1-2H3,(H2,17,18,19). The average Bonchev–Trinajstić information content (AvgIpc) is 2.83. The summed E-state index contributed by atoms with van der Waals surface area (Å²) in [6, 6.07) is 2.20. The first-order valence-electron chi connectivity index (χ1n) is 7.13. The van der Waals surface area contributed by atoms with E-state index in [1.165, 1.54) is 19.3 Å². The number of anilines is 2. The molecule has 1 aliphatic rings. The number of hydrogen-bond acceptors (Lipinski definition) is 4. The molecular weight excluding hydrogens is 313 g/mol. The molecule has 1 aromatic heterocycles. The van der Waals surface area contributed by atoms with Crippen LogP contribution < -0.4 is 10.6 Å². The van der Waals surface area contributed by atoms with Gasteiger partial charge in [-0.2, -0.15) is 11.8 Å². The number of hydrogen-bond donors (Lipinski definition) is 2. The highest BCUT2D eigenvalue weighted by Gasteiger charge is 2.28. The van der Waals surface area contributed by atoms with Crippen molar-refractivity contribution < 1.29 is 0 Å². The Hall–Kier alpha value is -0.320. The highest BCUT2D eigenvalue weighted by atomic mass is 35.5. The van der Waals surface area contributed by atoms with Crippen LogP contribution in [0.1, 0.15) is 33.1 Å². The van der Waals surface area contributed by atoms with E-state index >= 15 is 0 Å². The summed E-state index contributed by atoms with van der Waals surface area (Å²) in [4.78, 5) is 4.52. The molecule has 0 amide bonds. The van der Waals surface area contributed by atoms with Crippen molar-refractivity contribution in [3.8, 4) is 0 Å². The third kappa shape index (κ3) is 3.86. The molecule has 20 heavy (non-hydrogen) atoms. The number of nitrogens with one attached hydrogen (secondary N) is 2. The normalized spacial score (nSPS) is 22.0. The minimum Gasteiger partial charge on any atom is -0.369 e. The first-order chi connectivity index (χ1) is 9.65. The van der Waals surface area contributed by atoms with Crippen LogP contribution in [0.3, 0.4) is 0 Å². The predicted octanol–water partition coefficient (Wildman–Crippen LogP) is 4.91. The van der Waals surface area contributed by atoms with Crippen LogP contribution in [0.2, 0.25) is 10.0 Å². The smallest absolute Gasteiger partial charge is 0.147 e. The Morgan fingerprint density at radius 2 is 2.00 bits per heavy atom. The Morgan fingerprint density at radius 3 is 2.70 bits per heavy atom. The fourth-order valence-corrected chi connectivity index (χ4v) is 4.22. The lowest BCUT2D eigenvalue weighted by Crippen LogP contribution is -2.27. The molecule has 2 atom stereocenters. The van der Waals surface area contributed by atoms with Gasteiger partial charge in [0.25, 0.3) is 0 Å². The van der Waals surface area contributed by atoms with Crippen molar-refractivity contribution in [3.63, 3.8) is 0 Å². The number of pyridine rings is 1. The van der Waals surface area contributed by atoms with Crippen LogP contribution >= 0.6 is 35.0 Å². The van der Waals surface area contributed by atoms with Crippen molar-refractivity contribution in [2.75, 3.05) is 22.9 Å². The predicted molar refractivity (Wildman–Crippen MR) is 91.6 cm³/mol. The second-order valence-electron chi connectivity index (χ2n) is 4.86. The zero-order valence-corrected chi connectivity index (χ0v) is 14.2. The summed E-state index contributed by atoms with van der Waals surface area (Å²) in [6.07, 6.45) is 3.71. The van der Waals surface area contributed by atoms with Gasteiger partial charge in [0.1, 0.15) is 11.6 Å². The van der Waals surface area contributed by atoms with E-state index in [9.17, 15) is 0 Å². The molecule has 1 aromatic rings. The summed E-state index contributed by atoms with van der Waals surface area (Å²) in [5.74, 6) is 2.58. The van der Waals surface area contributed by atoms with Gasteiger partial charge in [-0.1, -0.05) is 36.5 Å². The van der Waals surface area contributed by atoms with Crippen LogP contribution in [0.25, 0.3) is 0 Å². The van der Waals surface area contributed by atoms with E-state index in [0.717, 1.165) is 18.1 Å². The molecule has 2 N–H and O–H groups in total. The average molecular weight is 334 g/mol. The van der Waals surface area contributed by atoms with Gasteiger partial charge in [-0.05, 0) is 31.6 Å². The Labute approximate surface area is 135 Å². The first kappa shape index (κ1) is 16.1. The minimum absolute atomic E-state index is 0.445. The Morgan fingerprint density at radius 1 is 1.25 bits per heavy atom. The van der Waals surface area contributed by atoms with E-state index in [0.29, 0.717) is 27.2 Å². The van der Waals surface area contributed by atoms with Crippen LogP contribution in [-0.4, -0.2) is 28.6 Å². The molecule has 3 nitrogen and oxygen atoms in total. The van der Waals surface area contributed by atoms with Gasteiger partial charge < -0.3 is 10.6 Å². The lowest BCUT2D eigenvalue weighted by molar-refractivity contribution is 0.763. The summed E-state index contributed by atoms with van der Waals surface area (Å²) < 4.78 is 0. The highest BCUT2D eigenvalue weighted by Crippen LogP contribution is 2.35. The van der Waals surface area contributed by atoms with Crippen LogP contribution in [0.4, 0.5) is 11.6 Å². The molecule has 112 valence electrons. The Kier molecular flexibility index (Phi) is 6.12. The van der Waals surface area contributed by atoms with Crippen molar-refractivity contribution in [1.29, 1.82) is 0 Å². The quantitative estimate of drug-likeness (QED) is 0.775. The molecule has 1 saturated carbocycles. The molecule has 0 aliphatic heterocycles. The van der Waals surface area contributed by atoms with E-state index in [2.05, 4.69) is 22.5 Å². The number of thioether (sulfide) groups is 1. The van der Waals surface area contributed by atoms with Crippen LogP contribution in [0.5, 0.6) is 0 Å². The molecule has 1 fully saturated rings. The van der Waals surface area contributed by atoms with E-state index in [1.54, 1.807) is 6.07 Å². The van der Waals surface area contributed by atoms with Gasteiger partial charge in [0, 0.05) is 17.8 Å². The monoisotopic (exact) mass is 333 g/mol. The van der Waals surface area contributed by atoms with Gasteiger partial charge >= 0.3 is 0 Å². The van der Waals surface area contributed by atoms with Gasteiger partial charge in [-0.3, -0.25) is 0 Å². The second-order valence-corrected chi connectivity index (χ2v) is 7.19. The second kappa shape index (κ2) is 7.62. The molecule has 2 rings (SSSR count). The molecule has 0 saturated heterocycles. The maximum Gasteiger partial charge on any atom is 0.147 e. The molecule has 6 heteroatoms. The van der Waals surface area contributed by atoms with Crippen LogP contribution in [0, 0.1) is 0 Å². The Bertz CT molecular complexity index is 456. The molecule has 1 aliphatic carbocycles. The lowest BCUT2D eigenvalue weighted by Gasteiger charge is -2.22. The summed E-state index contributed by atoms with van der Waals surface area (Å²) >= 11 is 14.4. The fraction of sp³-hybridized carbons (Fsp3) is 0.643. The number of nitrogens with zero attached hydrogens (tertiary/aromatic N) is 1. The van der Waals surface area contributed by atoms with Gasteiger partial charge in [-0.25, -0.2) is 4.98 Å². The van der Waals surface area contributed by atoms with E-state index < -0.39 is 0 Å². The number of rotatable bonds is 6. The molecule has 0 radical (unpaired) electrons. The first-order valence-corrected chi connectivity index (χ1v) is 8.94. The van der Waals surface area contributed by atoms with Crippen molar-refractivity contribution in [3.05, 3.63) is 16.1 Å². The summed E-state index contributed by atoms with van der Waals surface area (Å²) in [5.41, 5.74) is 0. The van der Waals surface area contributed by atoms with Gasteiger partial charge in [0.15, 0.2) is 0 Å². The molecule has 0 bridgehead atoms. The SMILES string of the molecule is CCNc1nc(NC2CCCC2SCC)c(Cl)cc1Cl. The van der Waals surface area contributed by atoms with Crippen molar-refractivity contribution in [2.24, 2.45) is 0 Å². The minimum atomic E-state index is 0.445. The van der Waals surface area contributed by atoms with Crippen molar-refractivity contribution in [1.82, 2.24) is 4.98 Å². The number of aromatic nitrogens is 1. The highest BCUT2D eigenvalue weighted by molar-refractivity contribution is 7.99. The topological polar surface area (TPSA) is 37.0 Å². The van der Waals surface area contributed by atoms with E-state index in [1.807, 2.05) is 18.7 Å². The fourth-order valence-electron chi connectivity index (χ4n) is 2.54. The van der Waals surface area contributed by atoms with Crippen LogP contribution in [-0.2, 0) is 0 Å². The van der Waals surface area contributed by atoms with Crippen molar-refractivity contribution in [2.45, 2.75) is 44.4 Å². The van der Waals surface area contributed by atoms with E-state index in [4.69, 9.17) is 23.2 Å². The third-order valence-electron chi connectivity index (χ3n) is 3.43. The molecule has 0 aromatic carbocycles. The molecular formula is C14H21Cl2N3S. The summed E-state index contributed by atoms with van der Waals surface area (Å²) in [6.45, 7) is 5.01.